The van der Waals surface area contributed by atoms with Gasteiger partial charge in [-0.25, -0.2) is 12.8 Å². The lowest BCUT2D eigenvalue weighted by atomic mass is 9.79. The third kappa shape index (κ3) is 2.77. The predicted octanol–water partition coefficient (Wildman–Crippen LogP) is 3.70. The molecule has 0 spiro atoms. The number of dihydropyridines is 1. The van der Waals surface area contributed by atoms with Gasteiger partial charge < -0.3 is 5.32 Å². The Labute approximate surface area is 154 Å². The Morgan fingerprint density at radius 2 is 1.88 bits per heavy atom. The summed E-state index contributed by atoms with van der Waals surface area (Å²) in [5, 5.41) is 3.24. The normalized spacial score (nSPS) is 25.4. The van der Waals surface area contributed by atoms with Crippen molar-refractivity contribution in [3.63, 3.8) is 0 Å². The fraction of sp³-hybridized carbons (Fsp3) is 0.389. The summed E-state index contributed by atoms with van der Waals surface area (Å²) in [6.45, 7) is 0. The molecular weight excluding hydrogens is 409 g/mol. The number of nitrogens with one attached hydrogen (secondary N) is 1. The second-order valence-electron chi connectivity index (χ2n) is 6.67. The first-order chi connectivity index (χ1) is 11.9. The number of hydrogen-bond donors (Lipinski definition) is 1. The van der Waals surface area contributed by atoms with E-state index >= 15 is 0 Å². The first kappa shape index (κ1) is 17.0. The summed E-state index contributed by atoms with van der Waals surface area (Å²) >= 11 is 3.18. The molecule has 1 aromatic rings. The van der Waals surface area contributed by atoms with Gasteiger partial charge in [-0.2, -0.15) is 0 Å². The lowest BCUT2D eigenvalue weighted by Gasteiger charge is -2.37. The number of allylic oxidation sites excluding steroid dienone is 4. The molecule has 2 heterocycles. The first-order valence-corrected chi connectivity index (χ1v) is 10.8. The van der Waals surface area contributed by atoms with Crippen molar-refractivity contribution in [2.75, 3.05) is 5.75 Å². The van der Waals surface area contributed by atoms with Crippen LogP contribution in [0.5, 0.6) is 0 Å². The average Bonchev–Trinajstić information content (AvgIpc) is 2.55. The fourth-order valence-electron chi connectivity index (χ4n) is 3.99. The van der Waals surface area contributed by atoms with E-state index in [1.54, 1.807) is 12.1 Å². The third-order valence-electron chi connectivity index (χ3n) is 5.06. The van der Waals surface area contributed by atoms with Crippen LogP contribution in [0, 0.1) is 5.82 Å². The maximum atomic E-state index is 13.7. The molecule has 0 saturated heterocycles. The van der Waals surface area contributed by atoms with Crippen LogP contribution in [0.4, 0.5) is 4.39 Å². The van der Waals surface area contributed by atoms with Crippen molar-refractivity contribution in [3.05, 3.63) is 55.9 Å². The van der Waals surface area contributed by atoms with Crippen LogP contribution in [-0.4, -0.2) is 20.0 Å². The van der Waals surface area contributed by atoms with Gasteiger partial charge in [-0.3, -0.25) is 4.79 Å². The number of carbonyl (C=O) groups is 1. The van der Waals surface area contributed by atoms with Crippen LogP contribution in [-0.2, 0) is 14.6 Å². The molecular formula is C18H17BrFNO3S. The lowest BCUT2D eigenvalue weighted by Crippen LogP contribution is -2.37. The van der Waals surface area contributed by atoms with E-state index in [0.29, 0.717) is 41.0 Å². The van der Waals surface area contributed by atoms with Crippen molar-refractivity contribution < 1.29 is 17.6 Å². The number of halogens is 2. The van der Waals surface area contributed by atoms with Crippen molar-refractivity contribution in [1.29, 1.82) is 0 Å². The molecule has 0 fully saturated rings. The number of sulfone groups is 1. The highest BCUT2D eigenvalue weighted by atomic mass is 79.9. The second-order valence-corrected chi connectivity index (χ2v) is 9.60. The number of rotatable bonds is 1. The third-order valence-corrected chi connectivity index (χ3v) is 7.64. The second kappa shape index (κ2) is 6.06. The quantitative estimate of drug-likeness (QED) is 0.744. The Bertz CT molecular complexity index is 949. The molecule has 1 aliphatic carbocycles. The Morgan fingerprint density at radius 3 is 2.64 bits per heavy atom. The van der Waals surface area contributed by atoms with Crippen molar-refractivity contribution in [2.24, 2.45) is 0 Å². The lowest BCUT2D eigenvalue weighted by molar-refractivity contribution is -0.116. The Balaban J connectivity index is 1.97. The SMILES string of the molecule is O=C1CCCC2=C1[C@@H](c1ccc(F)c(Br)c1)C1=C(CCCS1(=O)=O)N2. The maximum absolute atomic E-state index is 13.7. The van der Waals surface area contributed by atoms with Gasteiger partial charge in [0.25, 0.3) is 0 Å². The zero-order valence-corrected chi connectivity index (χ0v) is 15.8. The van der Waals surface area contributed by atoms with Gasteiger partial charge in [-0.05, 0) is 59.3 Å². The minimum atomic E-state index is -3.46. The number of benzene rings is 1. The Morgan fingerprint density at radius 1 is 1.12 bits per heavy atom. The summed E-state index contributed by atoms with van der Waals surface area (Å²) in [6, 6.07) is 4.48. The average molecular weight is 426 g/mol. The van der Waals surface area contributed by atoms with E-state index < -0.39 is 21.6 Å². The minimum Gasteiger partial charge on any atom is -0.361 e. The van der Waals surface area contributed by atoms with E-state index in [-0.39, 0.29) is 16.0 Å². The van der Waals surface area contributed by atoms with E-state index in [0.717, 1.165) is 18.5 Å². The molecule has 0 saturated carbocycles. The highest BCUT2D eigenvalue weighted by Crippen LogP contribution is 2.47. The molecule has 0 bridgehead atoms. The largest absolute Gasteiger partial charge is 0.361 e. The van der Waals surface area contributed by atoms with Crippen LogP contribution in [0.1, 0.15) is 43.6 Å². The zero-order chi connectivity index (χ0) is 17.8. The molecule has 25 heavy (non-hydrogen) atoms. The van der Waals surface area contributed by atoms with Crippen LogP contribution in [0.15, 0.2) is 44.5 Å². The Kier molecular flexibility index (Phi) is 4.11. The molecule has 0 aromatic heterocycles. The van der Waals surface area contributed by atoms with E-state index in [4.69, 9.17) is 0 Å². The van der Waals surface area contributed by atoms with Crippen LogP contribution in [0.3, 0.4) is 0 Å². The molecule has 1 aromatic carbocycles. The molecule has 0 amide bonds. The standard InChI is InChI=1S/C18H17BrFNO3S/c19-11-9-10(6-7-12(11)20)16-17-13(3-1-5-15(17)22)21-14-4-2-8-25(23,24)18(14)16/h6-7,9,16,21H,1-5,8H2/t16-/m1/s1. The fourth-order valence-corrected chi connectivity index (χ4v) is 6.27. The van der Waals surface area contributed by atoms with Gasteiger partial charge in [0.05, 0.1) is 21.0 Å². The van der Waals surface area contributed by atoms with Gasteiger partial charge in [0.2, 0.25) is 0 Å². The van der Waals surface area contributed by atoms with E-state index in [2.05, 4.69) is 21.2 Å². The molecule has 2 aliphatic heterocycles. The van der Waals surface area contributed by atoms with Crippen LogP contribution >= 0.6 is 15.9 Å². The van der Waals surface area contributed by atoms with E-state index in [1.807, 2.05) is 0 Å². The molecule has 7 heteroatoms. The smallest absolute Gasteiger partial charge is 0.177 e. The predicted molar refractivity (Wildman–Crippen MR) is 95.9 cm³/mol. The van der Waals surface area contributed by atoms with Gasteiger partial charge in [0.15, 0.2) is 15.6 Å². The topological polar surface area (TPSA) is 63.2 Å². The van der Waals surface area contributed by atoms with Crippen molar-refractivity contribution in [2.45, 2.75) is 38.0 Å². The number of ketones is 1. The maximum Gasteiger partial charge on any atom is 0.177 e. The Hall–Kier alpha value is -1.47. The van der Waals surface area contributed by atoms with Gasteiger partial charge in [-0.1, -0.05) is 6.07 Å². The van der Waals surface area contributed by atoms with Crippen molar-refractivity contribution in [1.82, 2.24) is 5.32 Å². The molecule has 4 rings (SSSR count). The minimum absolute atomic E-state index is 0.0217. The molecule has 4 nitrogen and oxygen atoms in total. The molecule has 0 radical (unpaired) electrons. The molecule has 0 unspecified atom stereocenters. The van der Waals surface area contributed by atoms with Crippen LogP contribution in [0.25, 0.3) is 0 Å². The molecule has 1 N–H and O–H groups in total. The molecule has 1 atom stereocenters. The molecule has 3 aliphatic rings. The van der Waals surface area contributed by atoms with E-state index in [1.165, 1.54) is 6.07 Å². The summed E-state index contributed by atoms with van der Waals surface area (Å²) in [7, 11) is -3.46. The van der Waals surface area contributed by atoms with Crippen LogP contribution < -0.4 is 5.32 Å². The summed E-state index contributed by atoms with van der Waals surface area (Å²) < 4.78 is 39.6. The highest BCUT2D eigenvalue weighted by Gasteiger charge is 2.43. The zero-order valence-electron chi connectivity index (χ0n) is 13.4. The summed E-state index contributed by atoms with van der Waals surface area (Å²) in [6.07, 6.45) is 3.14. The van der Waals surface area contributed by atoms with Crippen molar-refractivity contribution >= 4 is 31.6 Å². The first-order valence-electron chi connectivity index (χ1n) is 8.32. The summed E-state index contributed by atoms with van der Waals surface area (Å²) in [4.78, 5) is 12.9. The monoisotopic (exact) mass is 425 g/mol. The molecule has 132 valence electrons. The number of Topliss-reactive ketones (excluding diaryl/α,β-unsaturated/α-hetero) is 1. The van der Waals surface area contributed by atoms with E-state index in [9.17, 15) is 17.6 Å². The highest BCUT2D eigenvalue weighted by molar-refractivity contribution is 9.10. The van der Waals surface area contributed by atoms with Gasteiger partial charge in [-0.15, -0.1) is 0 Å². The van der Waals surface area contributed by atoms with Gasteiger partial charge >= 0.3 is 0 Å². The summed E-state index contributed by atoms with van der Waals surface area (Å²) in [5.41, 5.74) is 2.70. The van der Waals surface area contributed by atoms with Crippen molar-refractivity contribution in [3.8, 4) is 0 Å². The van der Waals surface area contributed by atoms with Gasteiger partial charge in [0, 0.05) is 23.4 Å². The number of hydrogen-bond acceptors (Lipinski definition) is 4. The van der Waals surface area contributed by atoms with Gasteiger partial charge in [0.1, 0.15) is 5.82 Å². The van der Waals surface area contributed by atoms with Crippen LogP contribution in [0.2, 0.25) is 0 Å². The summed E-state index contributed by atoms with van der Waals surface area (Å²) in [5.74, 6) is -0.987. The number of carbonyl (C=O) groups excluding carboxylic acids is 1.